The second-order valence-electron chi connectivity index (χ2n) is 9.34. The van der Waals surface area contributed by atoms with Crippen LogP contribution in [0.5, 0.6) is 0 Å². The predicted octanol–water partition coefficient (Wildman–Crippen LogP) is 2.79. The van der Waals surface area contributed by atoms with Gasteiger partial charge in [-0.1, -0.05) is 42.5 Å². The molecule has 0 amide bonds. The number of aromatic nitrogens is 4. The number of carbonyl (C=O) groups excluding carboxylic acids is 3. The number of nitriles is 1. The van der Waals surface area contributed by atoms with E-state index >= 15 is 0 Å². The lowest BCUT2D eigenvalue weighted by molar-refractivity contribution is -0.166. The van der Waals surface area contributed by atoms with Crippen LogP contribution in [0.25, 0.3) is 21.9 Å². The van der Waals surface area contributed by atoms with Crippen molar-refractivity contribution in [1.29, 1.82) is 5.26 Å². The molecule has 5 rings (SSSR count). The Morgan fingerprint density at radius 1 is 1.00 bits per heavy atom. The van der Waals surface area contributed by atoms with E-state index in [9.17, 15) is 19.6 Å². The Labute approximate surface area is 234 Å². The summed E-state index contributed by atoms with van der Waals surface area (Å²) in [5.41, 5.74) is 1.56. The fourth-order valence-corrected chi connectivity index (χ4v) is 4.82. The van der Waals surface area contributed by atoms with Crippen molar-refractivity contribution in [3.8, 4) is 6.07 Å². The molecule has 0 saturated carbocycles. The van der Waals surface area contributed by atoms with E-state index in [1.807, 2.05) is 48.5 Å². The van der Waals surface area contributed by atoms with E-state index in [1.165, 1.54) is 31.7 Å². The van der Waals surface area contributed by atoms with Crippen LogP contribution in [0.4, 0.5) is 5.82 Å². The average molecular weight is 559 g/mol. The summed E-state index contributed by atoms with van der Waals surface area (Å²) in [7, 11) is 0. The van der Waals surface area contributed by atoms with Crippen LogP contribution in [0.1, 0.15) is 38.4 Å². The largest absolute Gasteiger partial charge is 0.463 e. The van der Waals surface area contributed by atoms with E-state index in [0.29, 0.717) is 17.9 Å². The normalized spacial score (nSPS) is 20.0. The van der Waals surface area contributed by atoms with Gasteiger partial charge in [0, 0.05) is 27.3 Å². The highest BCUT2D eigenvalue weighted by atomic mass is 16.7. The Kier molecular flexibility index (Phi) is 7.75. The van der Waals surface area contributed by atoms with Crippen molar-refractivity contribution in [2.24, 2.45) is 0 Å². The van der Waals surface area contributed by atoms with E-state index in [1.54, 1.807) is 0 Å². The summed E-state index contributed by atoms with van der Waals surface area (Å²) in [4.78, 5) is 48.6. The Bertz CT molecular complexity index is 1670. The standard InChI is InChI=1S/C28H26N6O7/c1-15(35)38-13-21-24(39-16(2)36)25(40-17(3)37)28(41-21)34-14-31-23-26(32-22(11-29)33-27(23)34)30-12-19-9-6-8-18-7-4-5-10-20(18)19/h4-10,14,21,24-25,28H,12-13H2,1-3H3,(H,30,32,33)/t21?,24?,25?,28-/m1/s1. The summed E-state index contributed by atoms with van der Waals surface area (Å²) in [6.07, 6.45) is -2.87. The monoisotopic (exact) mass is 558 g/mol. The first-order valence-corrected chi connectivity index (χ1v) is 12.7. The number of fused-ring (bicyclic) bond motifs is 2. The molecule has 0 bridgehead atoms. The third kappa shape index (κ3) is 5.78. The van der Waals surface area contributed by atoms with Gasteiger partial charge in [0.25, 0.3) is 0 Å². The highest BCUT2D eigenvalue weighted by Gasteiger charge is 2.51. The fraction of sp³-hybridized carbons (Fsp3) is 0.321. The molecule has 1 fully saturated rings. The Morgan fingerprint density at radius 3 is 2.46 bits per heavy atom. The van der Waals surface area contributed by atoms with Gasteiger partial charge in [-0.15, -0.1) is 0 Å². The van der Waals surface area contributed by atoms with E-state index in [-0.39, 0.29) is 18.1 Å². The summed E-state index contributed by atoms with van der Waals surface area (Å²) in [5.74, 6) is -1.68. The smallest absolute Gasteiger partial charge is 0.303 e. The molecule has 13 heteroatoms. The SMILES string of the molecule is CC(=O)OCC1O[C@@H](n2cnc3c(NCc4cccc5ccccc45)nc(C#N)nc32)C(OC(C)=O)C1OC(C)=O. The highest BCUT2D eigenvalue weighted by Crippen LogP contribution is 2.36. The maximum atomic E-state index is 12.0. The minimum absolute atomic E-state index is 0.130. The molecule has 4 aromatic rings. The zero-order valence-electron chi connectivity index (χ0n) is 22.4. The number of imidazole rings is 1. The van der Waals surface area contributed by atoms with Gasteiger partial charge in [-0.3, -0.25) is 19.0 Å². The number of nitrogens with zero attached hydrogens (tertiary/aromatic N) is 5. The van der Waals surface area contributed by atoms with E-state index in [0.717, 1.165) is 16.3 Å². The van der Waals surface area contributed by atoms with Crippen molar-refractivity contribution in [3.63, 3.8) is 0 Å². The van der Waals surface area contributed by atoms with E-state index < -0.39 is 42.4 Å². The molecule has 0 spiro atoms. The zero-order valence-corrected chi connectivity index (χ0v) is 22.4. The second-order valence-corrected chi connectivity index (χ2v) is 9.34. The number of ether oxygens (including phenoxy) is 4. The molecular formula is C28H26N6O7. The van der Waals surface area contributed by atoms with Crippen LogP contribution >= 0.6 is 0 Å². The van der Waals surface area contributed by atoms with Gasteiger partial charge in [-0.25, -0.2) is 4.98 Å². The van der Waals surface area contributed by atoms with Crippen molar-refractivity contribution in [2.45, 2.75) is 51.9 Å². The van der Waals surface area contributed by atoms with Crippen molar-refractivity contribution in [1.82, 2.24) is 19.5 Å². The molecule has 0 radical (unpaired) electrons. The second kappa shape index (κ2) is 11.6. The molecule has 3 unspecified atom stereocenters. The Hall–Kier alpha value is -5.09. The maximum Gasteiger partial charge on any atom is 0.303 e. The topological polar surface area (TPSA) is 168 Å². The predicted molar refractivity (Wildman–Crippen MR) is 143 cm³/mol. The van der Waals surface area contributed by atoms with Gasteiger partial charge < -0.3 is 24.3 Å². The molecule has 13 nitrogen and oxygen atoms in total. The van der Waals surface area contributed by atoms with Gasteiger partial charge in [-0.05, 0) is 16.3 Å². The first-order chi connectivity index (χ1) is 19.7. The molecule has 41 heavy (non-hydrogen) atoms. The van der Waals surface area contributed by atoms with Gasteiger partial charge in [-0.2, -0.15) is 15.2 Å². The van der Waals surface area contributed by atoms with Gasteiger partial charge >= 0.3 is 17.9 Å². The molecule has 1 aliphatic heterocycles. The number of rotatable bonds is 8. The summed E-state index contributed by atoms with van der Waals surface area (Å²) in [6.45, 7) is 3.77. The number of esters is 3. The minimum atomic E-state index is -1.14. The molecule has 0 aliphatic carbocycles. The van der Waals surface area contributed by atoms with Crippen molar-refractivity contribution in [2.75, 3.05) is 11.9 Å². The van der Waals surface area contributed by atoms with Gasteiger partial charge in [0.05, 0.1) is 6.33 Å². The highest BCUT2D eigenvalue weighted by molar-refractivity contribution is 5.87. The van der Waals surface area contributed by atoms with Crippen LogP contribution in [-0.2, 0) is 39.9 Å². The van der Waals surface area contributed by atoms with Crippen molar-refractivity contribution >= 4 is 45.7 Å². The number of hydrogen-bond acceptors (Lipinski definition) is 12. The number of benzene rings is 2. The number of hydrogen-bond donors (Lipinski definition) is 1. The van der Waals surface area contributed by atoms with Gasteiger partial charge in [0.1, 0.15) is 18.8 Å². The molecule has 3 heterocycles. The first-order valence-electron chi connectivity index (χ1n) is 12.7. The third-order valence-corrected chi connectivity index (χ3v) is 6.46. The third-order valence-electron chi connectivity index (χ3n) is 6.46. The van der Waals surface area contributed by atoms with Gasteiger partial charge in [0.2, 0.25) is 5.82 Å². The van der Waals surface area contributed by atoms with Gasteiger partial charge in [0.15, 0.2) is 35.4 Å². The van der Waals surface area contributed by atoms with Crippen LogP contribution in [0, 0.1) is 11.3 Å². The Balaban J connectivity index is 1.52. The summed E-state index contributed by atoms with van der Waals surface area (Å²) < 4.78 is 23.6. The molecule has 2 aromatic heterocycles. The van der Waals surface area contributed by atoms with Crippen LogP contribution in [0.3, 0.4) is 0 Å². The van der Waals surface area contributed by atoms with Crippen LogP contribution in [0.2, 0.25) is 0 Å². The average Bonchev–Trinajstić information content (AvgIpc) is 3.51. The zero-order chi connectivity index (χ0) is 29.1. The Morgan fingerprint density at radius 2 is 1.73 bits per heavy atom. The summed E-state index contributed by atoms with van der Waals surface area (Å²) in [6, 6.07) is 15.9. The van der Waals surface area contributed by atoms with E-state index in [4.69, 9.17) is 18.9 Å². The number of anilines is 1. The van der Waals surface area contributed by atoms with Crippen LogP contribution in [-0.4, -0.2) is 62.3 Å². The quantitative estimate of drug-likeness (QED) is 0.248. The van der Waals surface area contributed by atoms with Crippen molar-refractivity contribution < 1.29 is 33.3 Å². The lowest BCUT2D eigenvalue weighted by Crippen LogP contribution is -2.40. The van der Waals surface area contributed by atoms with Crippen LogP contribution in [0.15, 0.2) is 48.8 Å². The first kappa shape index (κ1) is 27.5. The summed E-state index contributed by atoms with van der Waals surface area (Å²) in [5, 5.41) is 15.1. The van der Waals surface area contributed by atoms with E-state index in [2.05, 4.69) is 20.3 Å². The van der Waals surface area contributed by atoms with Crippen molar-refractivity contribution in [3.05, 3.63) is 60.2 Å². The lowest BCUT2D eigenvalue weighted by Gasteiger charge is -2.23. The lowest BCUT2D eigenvalue weighted by atomic mass is 10.0. The molecule has 1 saturated heterocycles. The molecular weight excluding hydrogens is 532 g/mol. The van der Waals surface area contributed by atoms with Crippen LogP contribution < -0.4 is 5.32 Å². The minimum Gasteiger partial charge on any atom is -0.463 e. The molecule has 210 valence electrons. The number of nitrogens with one attached hydrogen (secondary N) is 1. The fourth-order valence-electron chi connectivity index (χ4n) is 4.82. The molecule has 2 aromatic carbocycles. The number of carbonyl (C=O) groups is 3. The summed E-state index contributed by atoms with van der Waals surface area (Å²) >= 11 is 0. The molecule has 1 aliphatic rings. The maximum absolute atomic E-state index is 12.0. The molecule has 1 N–H and O–H groups in total. The molecule has 4 atom stereocenters.